The van der Waals surface area contributed by atoms with E-state index in [1.807, 2.05) is 45.0 Å². The van der Waals surface area contributed by atoms with Crippen LogP contribution < -0.4 is 16.6 Å². The van der Waals surface area contributed by atoms with Crippen LogP contribution in [0.4, 0.5) is 0 Å². The number of aromatic nitrogens is 2. The molecule has 22 heavy (non-hydrogen) atoms. The van der Waals surface area contributed by atoms with Gasteiger partial charge in [0.25, 0.3) is 11.5 Å². The van der Waals surface area contributed by atoms with E-state index >= 15 is 0 Å². The fraction of sp³-hybridized carbons (Fsp3) is 0.333. The maximum Gasteiger partial charge on any atom is 0.271 e. The number of nitrogens with zero attached hydrogens (tertiary/aromatic N) is 1. The fourth-order valence-corrected chi connectivity index (χ4v) is 1.80. The summed E-state index contributed by atoms with van der Waals surface area (Å²) in [5, 5.41) is 5.50. The first-order valence-electron chi connectivity index (χ1n) is 6.72. The molecule has 0 atom stereocenters. The lowest BCUT2D eigenvalue weighted by molar-refractivity contribution is 0.0940. The number of aryl methyl sites for hydroxylation is 1. The van der Waals surface area contributed by atoms with Crippen molar-refractivity contribution >= 4 is 18.3 Å². The second-order valence-electron chi connectivity index (χ2n) is 5.85. The zero-order valence-corrected chi connectivity index (χ0v) is 13.7. The van der Waals surface area contributed by atoms with Crippen LogP contribution in [-0.2, 0) is 0 Å². The van der Waals surface area contributed by atoms with Gasteiger partial charge in [-0.1, -0.05) is 17.7 Å². The average Bonchev–Trinajstić information content (AvgIpc) is 2.78. The van der Waals surface area contributed by atoms with Gasteiger partial charge < -0.3 is 11.1 Å². The average molecular weight is 325 g/mol. The van der Waals surface area contributed by atoms with Crippen LogP contribution in [0.5, 0.6) is 0 Å². The predicted molar refractivity (Wildman–Crippen MR) is 89.0 cm³/mol. The quantitative estimate of drug-likeness (QED) is 0.792. The molecule has 0 fully saturated rings. The minimum atomic E-state index is -0.504. The van der Waals surface area contributed by atoms with Gasteiger partial charge >= 0.3 is 0 Å². The number of H-pyrrole nitrogens is 1. The Kier molecular flexibility index (Phi) is 5.57. The van der Waals surface area contributed by atoms with Crippen LogP contribution in [0.15, 0.2) is 35.1 Å². The van der Waals surface area contributed by atoms with Crippen LogP contribution in [0.25, 0.3) is 5.69 Å². The highest BCUT2D eigenvalue weighted by Crippen LogP contribution is 2.06. The van der Waals surface area contributed by atoms with Gasteiger partial charge in [0.2, 0.25) is 0 Å². The third-order valence-corrected chi connectivity index (χ3v) is 2.96. The van der Waals surface area contributed by atoms with Gasteiger partial charge in [-0.3, -0.25) is 14.7 Å². The number of benzene rings is 1. The highest BCUT2D eigenvalue weighted by atomic mass is 35.5. The minimum absolute atomic E-state index is 0. The van der Waals surface area contributed by atoms with Crippen molar-refractivity contribution < 1.29 is 4.79 Å². The van der Waals surface area contributed by atoms with Crippen molar-refractivity contribution in [3.63, 3.8) is 0 Å². The Morgan fingerprint density at radius 1 is 1.32 bits per heavy atom. The molecule has 0 aliphatic carbocycles. The Bertz CT molecular complexity index is 696. The molecule has 6 nitrogen and oxygen atoms in total. The van der Waals surface area contributed by atoms with Gasteiger partial charge in [0, 0.05) is 18.2 Å². The molecule has 0 bridgehead atoms. The van der Waals surface area contributed by atoms with Gasteiger partial charge in [-0.05, 0) is 32.9 Å². The van der Waals surface area contributed by atoms with E-state index in [1.165, 1.54) is 10.7 Å². The lowest BCUT2D eigenvalue weighted by atomic mass is 10.1. The van der Waals surface area contributed by atoms with E-state index in [0.29, 0.717) is 12.2 Å². The summed E-state index contributed by atoms with van der Waals surface area (Å²) in [5.41, 5.74) is 7.02. The second-order valence-corrected chi connectivity index (χ2v) is 5.85. The molecule has 1 amide bonds. The van der Waals surface area contributed by atoms with Gasteiger partial charge in [0.05, 0.1) is 5.69 Å². The molecule has 1 heterocycles. The van der Waals surface area contributed by atoms with Crippen LogP contribution in [-0.4, -0.2) is 27.8 Å². The van der Waals surface area contributed by atoms with Gasteiger partial charge in [0.1, 0.15) is 5.69 Å². The number of halogens is 1. The summed E-state index contributed by atoms with van der Waals surface area (Å²) in [6.07, 6.45) is 0. The first-order valence-corrected chi connectivity index (χ1v) is 6.72. The summed E-state index contributed by atoms with van der Waals surface area (Å²) in [4.78, 5) is 24.0. The van der Waals surface area contributed by atoms with Crippen LogP contribution >= 0.6 is 12.4 Å². The molecule has 0 radical (unpaired) electrons. The van der Waals surface area contributed by atoms with Crippen LogP contribution in [0.2, 0.25) is 0 Å². The van der Waals surface area contributed by atoms with Crippen molar-refractivity contribution in [2.24, 2.45) is 5.73 Å². The van der Waals surface area contributed by atoms with Crippen LogP contribution in [0.1, 0.15) is 29.9 Å². The maximum atomic E-state index is 12.0. The summed E-state index contributed by atoms with van der Waals surface area (Å²) in [6, 6.07) is 8.72. The summed E-state index contributed by atoms with van der Waals surface area (Å²) in [7, 11) is 0. The molecule has 0 spiro atoms. The van der Waals surface area contributed by atoms with Gasteiger partial charge in [-0.15, -0.1) is 12.4 Å². The lowest BCUT2D eigenvalue weighted by Gasteiger charge is -2.18. The molecule has 1 aromatic heterocycles. The van der Waals surface area contributed by atoms with Crippen molar-refractivity contribution in [3.05, 3.63) is 51.9 Å². The van der Waals surface area contributed by atoms with Gasteiger partial charge in [0.15, 0.2) is 0 Å². The molecule has 0 unspecified atom stereocenters. The Labute approximate surface area is 135 Å². The molecule has 7 heteroatoms. The number of amides is 1. The van der Waals surface area contributed by atoms with Crippen LogP contribution in [0, 0.1) is 6.92 Å². The third-order valence-electron chi connectivity index (χ3n) is 2.96. The SMILES string of the molecule is Cc1ccc(-n2[nH]c(C(=O)NCC(C)(C)N)cc2=O)cc1.Cl. The predicted octanol–water partition coefficient (Wildman–Crippen LogP) is 1.36. The van der Waals surface area contributed by atoms with Gasteiger partial charge in [-0.2, -0.15) is 0 Å². The van der Waals surface area contributed by atoms with E-state index in [2.05, 4.69) is 10.4 Å². The normalized spacial score (nSPS) is 10.9. The van der Waals surface area contributed by atoms with Crippen LogP contribution in [0.3, 0.4) is 0 Å². The lowest BCUT2D eigenvalue weighted by Crippen LogP contribution is -2.45. The largest absolute Gasteiger partial charge is 0.349 e. The van der Waals surface area contributed by atoms with E-state index < -0.39 is 5.54 Å². The highest BCUT2D eigenvalue weighted by Gasteiger charge is 2.16. The molecule has 0 saturated carbocycles. The van der Waals surface area contributed by atoms with Gasteiger partial charge in [-0.25, -0.2) is 4.68 Å². The Morgan fingerprint density at radius 3 is 2.45 bits per heavy atom. The topological polar surface area (TPSA) is 92.9 Å². The molecule has 0 aliphatic heterocycles. The molecule has 4 N–H and O–H groups in total. The molecular formula is C15H21ClN4O2. The Hall–Kier alpha value is -2.05. The first kappa shape index (κ1) is 18.0. The number of carbonyl (C=O) groups excluding carboxylic acids is 1. The van der Waals surface area contributed by atoms with Crippen molar-refractivity contribution in [3.8, 4) is 5.69 Å². The third kappa shape index (κ3) is 4.47. The second kappa shape index (κ2) is 6.81. The summed E-state index contributed by atoms with van der Waals surface area (Å²) < 4.78 is 1.34. The van der Waals surface area contributed by atoms with Crippen molar-refractivity contribution in [2.75, 3.05) is 6.54 Å². The molecule has 0 aliphatic rings. The van der Waals surface area contributed by atoms with Crippen molar-refractivity contribution in [1.29, 1.82) is 0 Å². The number of rotatable bonds is 4. The smallest absolute Gasteiger partial charge is 0.271 e. The van der Waals surface area contributed by atoms with E-state index in [9.17, 15) is 9.59 Å². The van der Waals surface area contributed by atoms with E-state index in [0.717, 1.165) is 5.56 Å². The molecule has 2 aromatic rings. The zero-order chi connectivity index (χ0) is 15.6. The standard InChI is InChI=1S/C15H20N4O2.ClH/c1-10-4-6-11(7-5-10)19-13(20)8-12(18-19)14(21)17-9-15(2,3)16;/h4-8,18H,9,16H2,1-3H3,(H,17,21);1H. The summed E-state index contributed by atoms with van der Waals surface area (Å²) in [6.45, 7) is 5.92. The van der Waals surface area contributed by atoms with Crippen molar-refractivity contribution in [1.82, 2.24) is 15.1 Å². The number of nitrogens with two attached hydrogens (primary N) is 1. The first-order chi connectivity index (χ1) is 9.76. The van der Waals surface area contributed by atoms with E-state index in [1.54, 1.807) is 0 Å². The Morgan fingerprint density at radius 2 is 1.91 bits per heavy atom. The number of aromatic amines is 1. The molecule has 0 saturated heterocycles. The fourth-order valence-electron chi connectivity index (χ4n) is 1.80. The molecule has 2 rings (SSSR count). The number of hydrogen-bond acceptors (Lipinski definition) is 3. The summed E-state index contributed by atoms with van der Waals surface area (Å²) >= 11 is 0. The summed E-state index contributed by atoms with van der Waals surface area (Å²) in [5.74, 6) is -0.350. The molecular weight excluding hydrogens is 304 g/mol. The zero-order valence-electron chi connectivity index (χ0n) is 12.8. The minimum Gasteiger partial charge on any atom is -0.349 e. The molecule has 1 aromatic carbocycles. The molecule has 120 valence electrons. The van der Waals surface area contributed by atoms with E-state index in [4.69, 9.17) is 5.73 Å². The number of nitrogens with one attached hydrogen (secondary N) is 2. The number of hydrogen-bond donors (Lipinski definition) is 3. The monoisotopic (exact) mass is 324 g/mol. The number of carbonyl (C=O) groups is 1. The Balaban J connectivity index is 0.00000242. The maximum absolute atomic E-state index is 12.0. The highest BCUT2D eigenvalue weighted by molar-refractivity contribution is 5.92. The van der Waals surface area contributed by atoms with E-state index in [-0.39, 0.29) is 29.6 Å². The van der Waals surface area contributed by atoms with Crippen molar-refractivity contribution in [2.45, 2.75) is 26.3 Å².